The van der Waals surface area contributed by atoms with Gasteiger partial charge in [-0.25, -0.2) is 0 Å². The zero-order chi connectivity index (χ0) is 18.6. The van der Waals surface area contributed by atoms with Gasteiger partial charge < -0.3 is 10.2 Å². The van der Waals surface area contributed by atoms with Gasteiger partial charge in [-0.1, -0.05) is 24.3 Å². The van der Waals surface area contributed by atoms with Gasteiger partial charge in [0.2, 0.25) is 5.91 Å². The first kappa shape index (κ1) is 18.9. The molecule has 4 heteroatoms. The summed E-state index contributed by atoms with van der Waals surface area (Å²) in [6, 6.07) is 9.47. The maximum absolute atomic E-state index is 12.3. The molecule has 0 bridgehead atoms. The van der Waals surface area contributed by atoms with Crippen molar-refractivity contribution in [3.8, 4) is 0 Å². The first-order valence-corrected chi connectivity index (χ1v) is 11.0. The van der Waals surface area contributed by atoms with E-state index >= 15 is 0 Å². The number of piperidine rings is 2. The number of carbonyl (C=O) groups excluding carboxylic acids is 1. The first-order valence-electron chi connectivity index (χ1n) is 11.0. The van der Waals surface area contributed by atoms with Crippen LogP contribution in [0, 0.1) is 18.8 Å². The van der Waals surface area contributed by atoms with Crippen LogP contribution in [0.2, 0.25) is 0 Å². The van der Waals surface area contributed by atoms with Gasteiger partial charge in [0.05, 0.1) is 0 Å². The van der Waals surface area contributed by atoms with Crippen molar-refractivity contribution >= 4 is 5.91 Å². The summed E-state index contributed by atoms with van der Waals surface area (Å²) in [5, 5.41) is 3.18. The molecule has 0 atom stereocenters. The third kappa shape index (κ3) is 5.11. The minimum Gasteiger partial charge on any atom is -0.356 e. The van der Waals surface area contributed by atoms with Crippen molar-refractivity contribution in [2.75, 3.05) is 32.7 Å². The molecule has 1 aromatic carbocycles. The predicted molar refractivity (Wildman–Crippen MR) is 110 cm³/mol. The Hall–Kier alpha value is -1.39. The van der Waals surface area contributed by atoms with Crippen molar-refractivity contribution in [2.45, 2.75) is 58.0 Å². The molecule has 0 unspecified atom stereocenters. The topological polar surface area (TPSA) is 35.6 Å². The molecule has 2 heterocycles. The van der Waals surface area contributed by atoms with Gasteiger partial charge in [-0.15, -0.1) is 0 Å². The summed E-state index contributed by atoms with van der Waals surface area (Å²) >= 11 is 0. The third-order valence-corrected chi connectivity index (χ3v) is 6.89. The summed E-state index contributed by atoms with van der Waals surface area (Å²) < 4.78 is 0. The number of likely N-dealkylation sites (tertiary alicyclic amines) is 2. The molecule has 0 spiro atoms. The van der Waals surface area contributed by atoms with Gasteiger partial charge in [-0.05, 0) is 88.7 Å². The number of hydrogen-bond acceptors (Lipinski definition) is 3. The number of aryl methyl sites for hydroxylation is 1. The minimum atomic E-state index is 0.251. The molecule has 1 saturated carbocycles. The molecular weight excluding hydrogens is 334 g/mol. The second-order valence-electron chi connectivity index (χ2n) is 8.93. The van der Waals surface area contributed by atoms with Crippen LogP contribution < -0.4 is 5.32 Å². The summed E-state index contributed by atoms with van der Waals surface area (Å²) in [6.45, 7) is 8.81. The van der Waals surface area contributed by atoms with E-state index < -0.39 is 0 Å². The molecule has 4 nitrogen and oxygen atoms in total. The Morgan fingerprint density at radius 3 is 2.37 bits per heavy atom. The van der Waals surface area contributed by atoms with Gasteiger partial charge in [0.15, 0.2) is 0 Å². The van der Waals surface area contributed by atoms with Crippen LogP contribution in [0.5, 0.6) is 0 Å². The van der Waals surface area contributed by atoms with Crippen molar-refractivity contribution in [3.05, 3.63) is 35.4 Å². The lowest BCUT2D eigenvalue weighted by Crippen LogP contribution is -2.49. The average molecular weight is 370 g/mol. The van der Waals surface area contributed by atoms with Gasteiger partial charge in [-0.2, -0.15) is 0 Å². The number of hydrogen-bond donors (Lipinski definition) is 1. The van der Waals surface area contributed by atoms with Gasteiger partial charge in [-0.3, -0.25) is 9.69 Å². The van der Waals surface area contributed by atoms with Gasteiger partial charge in [0, 0.05) is 25.0 Å². The molecule has 3 fully saturated rings. The van der Waals surface area contributed by atoms with E-state index in [4.69, 9.17) is 0 Å². The van der Waals surface area contributed by atoms with Crippen LogP contribution >= 0.6 is 0 Å². The van der Waals surface area contributed by atoms with E-state index in [2.05, 4.69) is 46.3 Å². The summed E-state index contributed by atoms with van der Waals surface area (Å²) in [7, 11) is 0. The predicted octanol–water partition coefficient (Wildman–Crippen LogP) is 3.20. The Morgan fingerprint density at radius 2 is 1.70 bits per heavy atom. The summed E-state index contributed by atoms with van der Waals surface area (Å²) in [4.78, 5) is 17.6. The maximum atomic E-state index is 12.3. The highest BCUT2D eigenvalue weighted by molar-refractivity contribution is 5.78. The highest BCUT2D eigenvalue weighted by Gasteiger charge is 2.31. The highest BCUT2D eigenvalue weighted by atomic mass is 16.1. The van der Waals surface area contributed by atoms with E-state index in [9.17, 15) is 4.79 Å². The molecule has 2 saturated heterocycles. The summed E-state index contributed by atoms with van der Waals surface area (Å²) in [5.41, 5.74) is 2.87. The molecule has 3 aliphatic rings. The fraction of sp³-hybridized carbons (Fsp3) is 0.696. The molecule has 4 rings (SSSR count). The monoisotopic (exact) mass is 369 g/mol. The van der Waals surface area contributed by atoms with E-state index in [0.29, 0.717) is 11.9 Å². The Kier molecular flexibility index (Phi) is 6.14. The molecule has 2 aliphatic heterocycles. The van der Waals surface area contributed by atoms with Crippen molar-refractivity contribution in [3.63, 3.8) is 0 Å². The SMILES string of the molecule is Cc1ccccc1CN1CCC(N2CCC(C(=O)NCC3CC3)CC2)CC1. The molecule has 1 N–H and O–H groups in total. The number of benzene rings is 1. The number of amides is 1. The summed E-state index contributed by atoms with van der Waals surface area (Å²) in [6.07, 6.45) is 7.23. The van der Waals surface area contributed by atoms with E-state index in [1.165, 1.54) is 49.9 Å². The van der Waals surface area contributed by atoms with E-state index in [0.717, 1.165) is 44.9 Å². The Balaban J connectivity index is 1.18. The highest BCUT2D eigenvalue weighted by Crippen LogP contribution is 2.28. The van der Waals surface area contributed by atoms with Gasteiger partial charge >= 0.3 is 0 Å². The Morgan fingerprint density at radius 1 is 1.00 bits per heavy atom. The lowest BCUT2D eigenvalue weighted by atomic mass is 9.92. The molecule has 1 aromatic rings. The van der Waals surface area contributed by atoms with Crippen LogP contribution in [0.1, 0.15) is 49.7 Å². The lowest BCUT2D eigenvalue weighted by molar-refractivity contribution is -0.126. The fourth-order valence-electron chi connectivity index (χ4n) is 4.71. The number of carbonyl (C=O) groups is 1. The van der Waals surface area contributed by atoms with Crippen LogP contribution in [0.25, 0.3) is 0 Å². The number of rotatable bonds is 6. The standard InChI is InChI=1S/C23H35N3O/c1-18-4-2-3-5-21(18)17-25-12-10-22(11-13-25)26-14-8-20(9-15-26)23(27)24-16-19-6-7-19/h2-5,19-20,22H,6-17H2,1H3,(H,24,27). The van der Waals surface area contributed by atoms with E-state index in [1.54, 1.807) is 0 Å². The third-order valence-electron chi connectivity index (χ3n) is 6.89. The number of nitrogens with zero attached hydrogens (tertiary/aromatic N) is 2. The fourth-order valence-corrected chi connectivity index (χ4v) is 4.71. The molecular formula is C23H35N3O. The molecule has 0 aromatic heterocycles. The Bertz CT molecular complexity index is 626. The van der Waals surface area contributed by atoms with Crippen molar-refractivity contribution < 1.29 is 4.79 Å². The van der Waals surface area contributed by atoms with Crippen LogP contribution in [0.15, 0.2) is 24.3 Å². The van der Waals surface area contributed by atoms with Crippen LogP contribution in [-0.4, -0.2) is 54.5 Å². The van der Waals surface area contributed by atoms with Crippen molar-refractivity contribution in [1.82, 2.24) is 15.1 Å². The smallest absolute Gasteiger partial charge is 0.223 e. The van der Waals surface area contributed by atoms with Gasteiger partial charge in [0.1, 0.15) is 0 Å². The zero-order valence-electron chi connectivity index (χ0n) is 16.8. The lowest BCUT2D eigenvalue weighted by Gasteiger charge is -2.41. The quantitative estimate of drug-likeness (QED) is 0.836. The molecule has 0 radical (unpaired) electrons. The summed E-state index contributed by atoms with van der Waals surface area (Å²) in [5.74, 6) is 1.34. The van der Waals surface area contributed by atoms with Crippen molar-refractivity contribution in [2.24, 2.45) is 11.8 Å². The molecule has 27 heavy (non-hydrogen) atoms. The van der Waals surface area contributed by atoms with E-state index in [-0.39, 0.29) is 5.92 Å². The molecule has 1 aliphatic carbocycles. The largest absolute Gasteiger partial charge is 0.356 e. The van der Waals surface area contributed by atoms with Crippen molar-refractivity contribution in [1.29, 1.82) is 0 Å². The maximum Gasteiger partial charge on any atom is 0.223 e. The van der Waals surface area contributed by atoms with Crippen LogP contribution in [0.4, 0.5) is 0 Å². The van der Waals surface area contributed by atoms with E-state index in [1.807, 2.05) is 0 Å². The zero-order valence-corrected chi connectivity index (χ0v) is 16.8. The van der Waals surface area contributed by atoms with Crippen LogP contribution in [-0.2, 0) is 11.3 Å². The van der Waals surface area contributed by atoms with Gasteiger partial charge in [0.25, 0.3) is 0 Å². The first-order chi connectivity index (χ1) is 13.2. The minimum absolute atomic E-state index is 0.251. The molecule has 148 valence electrons. The number of nitrogens with one attached hydrogen (secondary N) is 1. The Labute approximate surface area is 164 Å². The molecule has 1 amide bonds. The normalized spacial score (nSPS) is 23.4. The second-order valence-corrected chi connectivity index (χ2v) is 8.93. The average Bonchev–Trinajstić information content (AvgIpc) is 3.53. The second kappa shape index (κ2) is 8.74. The van der Waals surface area contributed by atoms with Crippen LogP contribution in [0.3, 0.4) is 0 Å².